The molecule has 1 heterocycles. The quantitative estimate of drug-likeness (QED) is 0.518. The van der Waals surface area contributed by atoms with Gasteiger partial charge in [0.25, 0.3) is 0 Å². The standard InChI is InChI=1S/C21H28FNO2/c1-4-5-12-24-19-8-6-17(7-9-19)21-11-10-20(14-23-21)25-15-18(22)13-16(2)3/h6-11,14,16,18H,4-5,12-13,15H2,1-3H3. The number of hydrogen-bond donors (Lipinski definition) is 0. The highest BCUT2D eigenvalue weighted by atomic mass is 19.1. The Morgan fingerprint density at radius 1 is 1.00 bits per heavy atom. The van der Waals surface area contributed by atoms with E-state index in [1.54, 1.807) is 6.20 Å². The SMILES string of the molecule is CCCCOc1ccc(-c2ccc(OCC(F)CC(C)C)cn2)cc1. The van der Waals surface area contributed by atoms with Crippen LogP contribution in [0, 0.1) is 5.92 Å². The molecule has 0 bridgehead atoms. The second-order valence-corrected chi connectivity index (χ2v) is 6.64. The third-order valence-corrected chi connectivity index (χ3v) is 3.81. The van der Waals surface area contributed by atoms with Crippen molar-refractivity contribution in [1.29, 1.82) is 0 Å². The van der Waals surface area contributed by atoms with E-state index in [0.29, 0.717) is 18.1 Å². The Labute approximate surface area is 150 Å². The first-order chi connectivity index (χ1) is 12.1. The minimum Gasteiger partial charge on any atom is -0.494 e. The lowest BCUT2D eigenvalue weighted by molar-refractivity contribution is 0.173. The zero-order valence-electron chi connectivity index (χ0n) is 15.4. The molecule has 0 saturated carbocycles. The molecular weight excluding hydrogens is 317 g/mol. The van der Waals surface area contributed by atoms with Crippen molar-refractivity contribution in [3.63, 3.8) is 0 Å². The van der Waals surface area contributed by atoms with E-state index in [1.807, 2.05) is 50.2 Å². The Hall–Kier alpha value is -2.10. The van der Waals surface area contributed by atoms with Gasteiger partial charge in [0.05, 0.1) is 18.5 Å². The van der Waals surface area contributed by atoms with Crippen molar-refractivity contribution < 1.29 is 13.9 Å². The summed E-state index contributed by atoms with van der Waals surface area (Å²) in [5.41, 5.74) is 1.86. The predicted octanol–water partition coefficient (Wildman–Crippen LogP) is 5.69. The highest BCUT2D eigenvalue weighted by molar-refractivity contribution is 5.60. The lowest BCUT2D eigenvalue weighted by Gasteiger charge is -2.12. The van der Waals surface area contributed by atoms with Gasteiger partial charge in [0.2, 0.25) is 0 Å². The monoisotopic (exact) mass is 345 g/mol. The van der Waals surface area contributed by atoms with E-state index in [1.165, 1.54) is 0 Å². The van der Waals surface area contributed by atoms with Crippen LogP contribution in [0.25, 0.3) is 11.3 Å². The summed E-state index contributed by atoms with van der Waals surface area (Å²) < 4.78 is 24.8. The van der Waals surface area contributed by atoms with E-state index in [4.69, 9.17) is 9.47 Å². The summed E-state index contributed by atoms with van der Waals surface area (Å²) in [6.45, 7) is 6.96. The van der Waals surface area contributed by atoms with Gasteiger partial charge in [0.15, 0.2) is 0 Å². The second-order valence-electron chi connectivity index (χ2n) is 6.64. The van der Waals surface area contributed by atoms with Crippen LogP contribution in [0.5, 0.6) is 11.5 Å². The number of halogens is 1. The topological polar surface area (TPSA) is 31.4 Å². The number of nitrogens with zero attached hydrogens (tertiary/aromatic N) is 1. The molecular formula is C21H28FNO2. The van der Waals surface area contributed by atoms with E-state index in [-0.39, 0.29) is 6.61 Å². The molecule has 0 aliphatic heterocycles. The summed E-state index contributed by atoms with van der Waals surface area (Å²) in [6.07, 6.45) is 3.39. The van der Waals surface area contributed by atoms with Crippen molar-refractivity contribution in [2.24, 2.45) is 5.92 Å². The second kappa shape index (κ2) is 10.0. The molecule has 2 aromatic rings. The van der Waals surface area contributed by atoms with Crippen LogP contribution in [-0.2, 0) is 0 Å². The molecule has 1 aromatic carbocycles. The largest absolute Gasteiger partial charge is 0.494 e. The van der Waals surface area contributed by atoms with Gasteiger partial charge in [-0.2, -0.15) is 0 Å². The molecule has 4 heteroatoms. The molecule has 1 unspecified atom stereocenters. The number of ether oxygens (including phenoxy) is 2. The van der Waals surface area contributed by atoms with Crippen molar-refractivity contribution in [2.75, 3.05) is 13.2 Å². The van der Waals surface area contributed by atoms with Crippen LogP contribution in [-0.4, -0.2) is 24.4 Å². The van der Waals surface area contributed by atoms with E-state index in [0.717, 1.165) is 36.5 Å². The van der Waals surface area contributed by atoms with Crippen LogP contribution in [0.3, 0.4) is 0 Å². The normalized spacial score (nSPS) is 12.2. The van der Waals surface area contributed by atoms with Gasteiger partial charge < -0.3 is 9.47 Å². The van der Waals surface area contributed by atoms with Crippen molar-refractivity contribution in [3.8, 4) is 22.8 Å². The van der Waals surface area contributed by atoms with Gasteiger partial charge in [0.1, 0.15) is 24.3 Å². The van der Waals surface area contributed by atoms with E-state index in [2.05, 4.69) is 11.9 Å². The molecule has 0 aliphatic rings. The van der Waals surface area contributed by atoms with Gasteiger partial charge in [-0.25, -0.2) is 4.39 Å². The zero-order valence-corrected chi connectivity index (χ0v) is 15.4. The van der Waals surface area contributed by atoms with E-state index < -0.39 is 6.17 Å². The molecule has 0 saturated heterocycles. The number of pyridine rings is 1. The first-order valence-electron chi connectivity index (χ1n) is 9.04. The summed E-state index contributed by atoms with van der Waals surface area (Å²) in [7, 11) is 0. The fourth-order valence-corrected chi connectivity index (χ4v) is 2.46. The Bertz CT molecular complexity index is 611. The Balaban J connectivity index is 1.88. The van der Waals surface area contributed by atoms with Crippen LogP contribution in [0.1, 0.15) is 40.0 Å². The average Bonchev–Trinajstić information content (AvgIpc) is 2.61. The predicted molar refractivity (Wildman–Crippen MR) is 99.9 cm³/mol. The van der Waals surface area contributed by atoms with Gasteiger partial charge in [-0.15, -0.1) is 0 Å². The van der Waals surface area contributed by atoms with Crippen LogP contribution in [0.15, 0.2) is 42.6 Å². The maximum Gasteiger partial charge on any atom is 0.137 e. The summed E-state index contributed by atoms with van der Waals surface area (Å²) in [5.74, 6) is 1.79. The van der Waals surface area contributed by atoms with Gasteiger partial charge in [0, 0.05) is 5.56 Å². The molecule has 0 aliphatic carbocycles. The van der Waals surface area contributed by atoms with Gasteiger partial charge in [-0.3, -0.25) is 4.98 Å². The fraction of sp³-hybridized carbons (Fsp3) is 0.476. The maximum absolute atomic E-state index is 13.7. The smallest absolute Gasteiger partial charge is 0.137 e. The molecule has 0 N–H and O–H groups in total. The van der Waals surface area contributed by atoms with Crippen LogP contribution in [0.4, 0.5) is 4.39 Å². The molecule has 2 rings (SSSR count). The molecule has 0 amide bonds. The van der Waals surface area contributed by atoms with Gasteiger partial charge in [-0.1, -0.05) is 27.2 Å². The molecule has 0 radical (unpaired) electrons. The van der Waals surface area contributed by atoms with Gasteiger partial charge in [-0.05, 0) is 55.2 Å². The van der Waals surface area contributed by atoms with Crippen molar-refractivity contribution in [1.82, 2.24) is 4.98 Å². The first kappa shape index (κ1) is 19.2. The number of rotatable bonds is 10. The number of unbranched alkanes of at least 4 members (excludes halogenated alkanes) is 1. The van der Waals surface area contributed by atoms with Crippen molar-refractivity contribution >= 4 is 0 Å². The number of hydrogen-bond acceptors (Lipinski definition) is 3. The molecule has 1 aromatic heterocycles. The van der Waals surface area contributed by atoms with Crippen LogP contribution in [0.2, 0.25) is 0 Å². The number of aromatic nitrogens is 1. The van der Waals surface area contributed by atoms with Crippen LogP contribution >= 0.6 is 0 Å². The fourth-order valence-electron chi connectivity index (χ4n) is 2.46. The summed E-state index contributed by atoms with van der Waals surface area (Å²) in [6, 6.07) is 11.6. The Morgan fingerprint density at radius 2 is 1.72 bits per heavy atom. The molecule has 1 atom stereocenters. The number of alkyl halides is 1. The third kappa shape index (κ3) is 6.73. The van der Waals surface area contributed by atoms with Gasteiger partial charge >= 0.3 is 0 Å². The zero-order chi connectivity index (χ0) is 18.1. The highest BCUT2D eigenvalue weighted by Gasteiger charge is 2.10. The third-order valence-electron chi connectivity index (χ3n) is 3.81. The minimum atomic E-state index is -0.945. The minimum absolute atomic E-state index is 0.0724. The lowest BCUT2D eigenvalue weighted by atomic mass is 10.1. The van der Waals surface area contributed by atoms with E-state index >= 15 is 0 Å². The lowest BCUT2D eigenvalue weighted by Crippen LogP contribution is -2.15. The molecule has 0 spiro atoms. The summed E-state index contributed by atoms with van der Waals surface area (Å²) >= 11 is 0. The molecule has 3 nitrogen and oxygen atoms in total. The summed E-state index contributed by atoms with van der Waals surface area (Å²) in [5, 5.41) is 0. The molecule has 0 fully saturated rings. The maximum atomic E-state index is 13.7. The van der Waals surface area contributed by atoms with E-state index in [9.17, 15) is 4.39 Å². The van der Waals surface area contributed by atoms with Crippen molar-refractivity contribution in [3.05, 3.63) is 42.6 Å². The van der Waals surface area contributed by atoms with Crippen molar-refractivity contribution in [2.45, 2.75) is 46.2 Å². The average molecular weight is 345 g/mol. The number of benzene rings is 1. The Kier molecular flexibility index (Phi) is 7.71. The molecule has 136 valence electrons. The highest BCUT2D eigenvalue weighted by Crippen LogP contribution is 2.23. The first-order valence-corrected chi connectivity index (χ1v) is 9.04. The summed E-state index contributed by atoms with van der Waals surface area (Å²) in [4.78, 5) is 4.40. The molecule has 25 heavy (non-hydrogen) atoms. The van der Waals surface area contributed by atoms with Crippen LogP contribution < -0.4 is 9.47 Å². The Morgan fingerprint density at radius 3 is 2.32 bits per heavy atom.